The third-order valence-corrected chi connectivity index (χ3v) is 2.26. The molecule has 5 nitrogen and oxygen atoms in total. The number of fused-ring (bicyclic) bond motifs is 1. The Morgan fingerprint density at radius 3 is 3.06 bits per heavy atom. The van der Waals surface area contributed by atoms with E-state index in [0.29, 0.717) is 5.75 Å². The Balaban J connectivity index is 2.17. The molecule has 1 aromatic carbocycles. The second-order valence-corrected chi connectivity index (χ2v) is 3.40. The van der Waals surface area contributed by atoms with Gasteiger partial charge in [-0.3, -0.25) is 5.10 Å². The van der Waals surface area contributed by atoms with Gasteiger partial charge in [-0.25, -0.2) is 4.79 Å². The van der Waals surface area contributed by atoms with Crippen molar-refractivity contribution in [2.24, 2.45) is 0 Å². The van der Waals surface area contributed by atoms with Crippen molar-refractivity contribution in [1.82, 2.24) is 10.2 Å². The average molecular weight is 220 g/mol. The third kappa shape index (κ3) is 1.98. The lowest BCUT2D eigenvalue weighted by molar-refractivity contribution is -0.147. The molecule has 0 aliphatic carbocycles. The number of ether oxygens (including phenoxy) is 2. The number of nitrogens with one attached hydrogen (secondary N) is 1. The third-order valence-electron chi connectivity index (χ3n) is 2.26. The molecule has 0 aliphatic heterocycles. The van der Waals surface area contributed by atoms with Gasteiger partial charge >= 0.3 is 5.97 Å². The van der Waals surface area contributed by atoms with Crippen molar-refractivity contribution in [3.63, 3.8) is 0 Å². The fourth-order valence-electron chi connectivity index (χ4n) is 1.41. The van der Waals surface area contributed by atoms with Gasteiger partial charge in [0.1, 0.15) is 5.75 Å². The van der Waals surface area contributed by atoms with Crippen LogP contribution in [0.25, 0.3) is 10.9 Å². The van der Waals surface area contributed by atoms with Crippen molar-refractivity contribution in [2.45, 2.75) is 13.0 Å². The summed E-state index contributed by atoms with van der Waals surface area (Å²) in [7, 11) is 1.33. The Labute approximate surface area is 92.4 Å². The normalized spacial score (nSPS) is 12.4. The summed E-state index contributed by atoms with van der Waals surface area (Å²) in [5.41, 5.74) is 0.929. The number of carbonyl (C=O) groups excluding carboxylic acids is 1. The Morgan fingerprint density at radius 2 is 2.31 bits per heavy atom. The predicted octanol–water partition coefficient (Wildman–Crippen LogP) is 1.50. The van der Waals surface area contributed by atoms with Gasteiger partial charge in [-0.2, -0.15) is 5.10 Å². The lowest BCUT2D eigenvalue weighted by Gasteiger charge is -2.12. The second-order valence-electron chi connectivity index (χ2n) is 3.40. The lowest BCUT2D eigenvalue weighted by atomic mass is 10.2. The minimum absolute atomic E-state index is 0.396. The van der Waals surface area contributed by atoms with Crippen molar-refractivity contribution in [3.05, 3.63) is 24.4 Å². The predicted molar refractivity (Wildman–Crippen MR) is 58.2 cm³/mol. The maximum atomic E-state index is 11.2. The molecule has 1 heterocycles. The van der Waals surface area contributed by atoms with Crippen LogP contribution in [0.3, 0.4) is 0 Å². The van der Waals surface area contributed by atoms with Gasteiger partial charge in [0.05, 0.1) is 18.8 Å². The molecule has 16 heavy (non-hydrogen) atoms. The molecule has 0 saturated carbocycles. The molecular formula is C11H12N2O3. The molecule has 84 valence electrons. The summed E-state index contributed by atoms with van der Waals surface area (Å²) < 4.78 is 10.0. The number of benzene rings is 1. The Morgan fingerprint density at radius 1 is 1.50 bits per heavy atom. The quantitative estimate of drug-likeness (QED) is 0.796. The number of nitrogens with zero attached hydrogens (tertiary/aromatic N) is 1. The number of methoxy groups -OCH3 is 1. The van der Waals surface area contributed by atoms with E-state index in [2.05, 4.69) is 14.9 Å². The lowest BCUT2D eigenvalue weighted by Crippen LogP contribution is -2.24. The van der Waals surface area contributed by atoms with E-state index >= 15 is 0 Å². The number of aromatic nitrogens is 2. The molecule has 0 fully saturated rings. The largest absolute Gasteiger partial charge is 0.479 e. The van der Waals surface area contributed by atoms with Crippen molar-refractivity contribution in [1.29, 1.82) is 0 Å². The SMILES string of the molecule is COC(=O)C(C)Oc1ccc2[nH]ncc2c1. The second kappa shape index (κ2) is 4.22. The van der Waals surface area contributed by atoms with Gasteiger partial charge in [-0.05, 0) is 25.1 Å². The van der Waals surface area contributed by atoms with Gasteiger partial charge in [0.25, 0.3) is 0 Å². The van der Waals surface area contributed by atoms with Gasteiger partial charge in [-0.15, -0.1) is 0 Å². The molecule has 0 spiro atoms. The smallest absolute Gasteiger partial charge is 0.346 e. The number of esters is 1. The van der Waals surface area contributed by atoms with E-state index in [0.717, 1.165) is 10.9 Å². The van der Waals surface area contributed by atoms with Crippen LogP contribution >= 0.6 is 0 Å². The number of hydrogen-bond donors (Lipinski definition) is 1. The summed E-state index contributed by atoms with van der Waals surface area (Å²) in [6.45, 7) is 1.64. The minimum atomic E-state index is -0.616. The highest BCUT2D eigenvalue weighted by Crippen LogP contribution is 2.19. The van der Waals surface area contributed by atoms with Gasteiger partial charge in [-0.1, -0.05) is 0 Å². The zero-order valence-corrected chi connectivity index (χ0v) is 9.06. The summed E-state index contributed by atoms with van der Waals surface area (Å²) in [4.78, 5) is 11.2. The zero-order chi connectivity index (χ0) is 11.5. The first-order chi connectivity index (χ1) is 7.70. The molecular weight excluding hydrogens is 208 g/mol. The molecule has 5 heteroatoms. The summed E-state index contributed by atoms with van der Waals surface area (Å²) in [5.74, 6) is 0.221. The minimum Gasteiger partial charge on any atom is -0.479 e. The highest BCUT2D eigenvalue weighted by Gasteiger charge is 2.14. The molecule has 1 atom stereocenters. The zero-order valence-electron chi connectivity index (χ0n) is 9.06. The number of aromatic amines is 1. The number of carbonyl (C=O) groups is 1. The van der Waals surface area contributed by atoms with Crippen molar-refractivity contribution in [3.8, 4) is 5.75 Å². The van der Waals surface area contributed by atoms with E-state index in [-0.39, 0.29) is 0 Å². The van der Waals surface area contributed by atoms with Crippen molar-refractivity contribution in [2.75, 3.05) is 7.11 Å². The molecule has 1 unspecified atom stereocenters. The number of H-pyrrole nitrogens is 1. The average Bonchev–Trinajstić information content (AvgIpc) is 2.75. The molecule has 0 radical (unpaired) electrons. The topological polar surface area (TPSA) is 64.2 Å². The number of rotatable bonds is 3. The van der Waals surface area contributed by atoms with Gasteiger partial charge < -0.3 is 9.47 Å². The highest BCUT2D eigenvalue weighted by atomic mass is 16.6. The van der Waals surface area contributed by atoms with Crippen LogP contribution in [-0.4, -0.2) is 29.4 Å². The molecule has 0 amide bonds. The molecule has 1 N–H and O–H groups in total. The van der Waals surface area contributed by atoms with Crippen LogP contribution in [0.4, 0.5) is 0 Å². The van der Waals surface area contributed by atoms with Crippen LogP contribution in [0.2, 0.25) is 0 Å². The van der Waals surface area contributed by atoms with Crippen LogP contribution in [0.5, 0.6) is 5.75 Å². The van der Waals surface area contributed by atoms with Crippen molar-refractivity contribution >= 4 is 16.9 Å². The van der Waals surface area contributed by atoms with Gasteiger partial charge in [0.15, 0.2) is 6.10 Å². The highest BCUT2D eigenvalue weighted by molar-refractivity contribution is 5.79. The maximum Gasteiger partial charge on any atom is 0.346 e. The number of hydrogen-bond acceptors (Lipinski definition) is 4. The Kier molecular flexibility index (Phi) is 2.76. The summed E-state index contributed by atoms with van der Waals surface area (Å²) in [5, 5.41) is 7.68. The van der Waals surface area contributed by atoms with E-state index in [9.17, 15) is 4.79 Å². The molecule has 2 rings (SSSR count). The monoisotopic (exact) mass is 220 g/mol. The molecule has 0 saturated heterocycles. The first-order valence-corrected chi connectivity index (χ1v) is 4.88. The van der Waals surface area contributed by atoms with Crippen LogP contribution in [0.1, 0.15) is 6.92 Å². The summed E-state index contributed by atoms with van der Waals surface area (Å²) in [6, 6.07) is 5.44. The molecule has 0 bridgehead atoms. The first-order valence-electron chi connectivity index (χ1n) is 4.88. The van der Waals surface area contributed by atoms with E-state index in [4.69, 9.17) is 4.74 Å². The Bertz CT molecular complexity index is 507. The molecule has 0 aliphatic rings. The standard InChI is InChI=1S/C11H12N2O3/c1-7(11(14)15-2)16-9-3-4-10-8(5-9)6-12-13-10/h3-7H,1-2H3,(H,12,13). The van der Waals surface area contributed by atoms with E-state index in [1.165, 1.54) is 7.11 Å². The van der Waals surface area contributed by atoms with E-state index in [1.807, 2.05) is 12.1 Å². The van der Waals surface area contributed by atoms with Gasteiger partial charge in [0, 0.05) is 5.39 Å². The fourth-order valence-corrected chi connectivity index (χ4v) is 1.41. The molecule has 2 aromatic rings. The van der Waals surface area contributed by atoms with E-state index in [1.54, 1.807) is 19.2 Å². The van der Waals surface area contributed by atoms with Gasteiger partial charge in [0.2, 0.25) is 0 Å². The van der Waals surface area contributed by atoms with Crippen molar-refractivity contribution < 1.29 is 14.3 Å². The fraction of sp³-hybridized carbons (Fsp3) is 0.273. The van der Waals surface area contributed by atoms with E-state index < -0.39 is 12.1 Å². The van der Waals surface area contributed by atoms with Crippen LogP contribution in [-0.2, 0) is 9.53 Å². The van der Waals surface area contributed by atoms with Crippen LogP contribution in [0, 0.1) is 0 Å². The Hall–Kier alpha value is -2.04. The van der Waals surface area contributed by atoms with Crippen LogP contribution < -0.4 is 4.74 Å². The molecule has 1 aromatic heterocycles. The van der Waals surface area contributed by atoms with Crippen LogP contribution in [0.15, 0.2) is 24.4 Å². The first kappa shape index (κ1) is 10.5. The summed E-state index contributed by atoms with van der Waals surface area (Å²) >= 11 is 0. The maximum absolute atomic E-state index is 11.2. The summed E-state index contributed by atoms with van der Waals surface area (Å²) in [6.07, 6.45) is 1.08.